The standard InChI is InChI=1S/C21H16N2O3S/c1-12-7-8-14(9-13(12)2)17-11-27-21(22-17)23-19(24)16-10-15-5-3-4-6-18(15)26-20(16)25/h3-11H,1-2H3,(H,22,23,24). The van der Waals surface area contributed by atoms with E-state index in [0.29, 0.717) is 16.1 Å². The van der Waals surface area contributed by atoms with Crippen LogP contribution in [0.2, 0.25) is 0 Å². The van der Waals surface area contributed by atoms with Crippen LogP contribution in [0, 0.1) is 13.8 Å². The molecule has 0 aliphatic carbocycles. The van der Waals surface area contributed by atoms with Gasteiger partial charge in [0.2, 0.25) is 0 Å². The number of rotatable bonds is 3. The number of benzene rings is 2. The van der Waals surface area contributed by atoms with Crippen molar-refractivity contribution in [3.05, 3.63) is 81.0 Å². The Bertz CT molecular complexity index is 1220. The molecule has 27 heavy (non-hydrogen) atoms. The number of nitrogens with one attached hydrogen (secondary N) is 1. The Kier molecular flexibility index (Phi) is 4.33. The lowest BCUT2D eigenvalue weighted by Gasteiger charge is -2.03. The van der Waals surface area contributed by atoms with Crippen LogP contribution in [0.15, 0.2) is 63.1 Å². The molecule has 0 atom stereocenters. The maximum Gasteiger partial charge on any atom is 0.349 e. The van der Waals surface area contributed by atoms with E-state index in [9.17, 15) is 9.59 Å². The zero-order chi connectivity index (χ0) is 19.0. The quantitative estimate of drug-likeness (QED) is 0.522. The number of amides is 1. The van der Waals surface area contributed by atoms with E-state index in [1.54, 1.807) is 18.2 Å². The molecule has 0 radical (unpaired) electrons. The number of thiazole rings is 1. The molecule has 0 unspecified atom stereocenters. The molecule has 2 aromatic carbocycles. The lowest BCUT2D eigenvalue weighted by molar-refractivity contribution is 0.102. The largest absolute Gasteiger partial charge is 0.422 e. The number of aryl methyl sites for hydroxylation is 2. The Morgan fingerprint density at radius 1 is 1.07 bits per heavy atom. The predicted molar refractivity (Wildman–Crippen MR) is 107 cm³/mol. The number of aromatic nitrogens is 1. The molecule has 5 nitrogen and oxygen atoms in total. The molecule has 6 heteroatoms. The Morgan fingerprint density at radius 3 is 2.70 bits per heavy atom. The topological polar surface area (TPSA) is 72.2 Å². The van der Waals surface area contributed by atoms with E-state index in [2.05, 4.69) is 23.3 Å². The number of carbonyl (C=O) groups is 1. The van der Waals surface area contributed by atoms with Crippen LogP contribution in [0.1, 0.15) is 21.5 Å². The van der Waals surface area contributed by atoms with E-state index >= 15 is 0 Å². The molecule has 0 saturated heterocycles. The third-order valence-corrected chi connectivity index (χ3v) is 5.17. The summed E-state index contributed by atoms with van der Waals surface area (Å²) in [4.78, 5) is 29.1. The zero-order valence-corrected chi connectivity index (χ0v) is 15.6. The number of carbonyl (C=O) groups excluding carboxylic acids is 1. The van der Waals surface area contributed by atoms with Crippen LogP contribution in [-0.4, -0.2) is 10.9 Å². The van der Waals surface area contributed by atoms with Crippen LogP contribution in [0.5, 0.6) is 0 Å². The van der Waals surface area contributed by atoms with Gasteiger partial charge in [0.1, 0.15) is 11.1 Å². The van der Waals surface area contributed by atoms with Crippen molar-refractivity contribution in [2.45, 2.75) is 13.8 Å². The summed E-state index contributed by atoms with van der Waals surface area (Å²) in [7, 11) is 0. The molecule has 134 valence electrons. The van der Waals surface area contributed by atoms with Gasteiger partial charge in [-0.15, -0.1) is 11.3 Å². The molecule has 2 heterocycles. The fourth-order valence-corrected chi connectivity index (χ4v) is 3.46. The predicted octanol–water partition coefficient (Wildman–Crippen LogP) is 4.79. The van der Waals surface area contributed by atoms with Crippen LogP contribution >= 0.6 is 11.3 Å². The number of hydrogen-bond acceptors (Lipinski definition) is 5. The monoisotopic (exact) mass is 376 g/mol. The molecular weight excluding hydrogens is 360 g/mol. The van der Waals surface area contributed by atoms with Crippen molar-refractivity contribution in [1.29, 1.82) is 0 Å². The second-order valence-corrected chi connectivity index (χ2v) is 7.13. The highest BCUT2D eigenvalue weighted by Crippen LogP contribution is 2.26. The highest BCUT2D eigenvalue weighted by atomic mass is 32.1. The summed E-state index contributed by atoms with van der Waals surface area (Å²) in [5.41, 5.74) is 3.90. The Hall–Kier alpha value is -3.25. The normalized spacial score (nSPS) is 10.9. The fourth-order valence-electron chi connectivity index (χ4n) is 2.75. The molecule has 4 rings (SSSR count). The summed E-state index contributed by atoms with van der Waals surface area (Å²) in [5.74, 6) is -0.532. The molecule has 1 N–H and O–H groups in total. The second kappa shape index (κ2) is 6.81. The smallest absolute Gasteiger partial charge is 0.349 e. The van der Waals surface area contributed by atoms with Crippen LogP contribution < -0.4 is 10.9 Å². The first-order valence-corrected chi connectivity index (χ1v) is 9.26. The first-order valence-electron chi connectivity index (χ1n) is 8.38. The number of fused-ring (bicyclic) bond motifs is 1. The van der Waals surface area contributed by atoms with E-state index in [-0.39, 0.29) is 5.56 Å². The third kappa shape index (κ3) is 3.39. The summed E-state index contributed by atoms with van der Waals surface area (Å²) in [6.45, 7) is 4.10. The number of nitrogens with zero attached hydrogens (tertiary/aromatic N) is 1. The number of para-hydroxylation sites is 1. The van der Waals surface area contributed by atoms with Crippen LogP contribution in [0.3, 0.4) is 0 Å². The molecule has 2 aromatic heterocycles. The van der Waals surface area contributed by atoms with Crippen molar-refractivity contribution in [3.63, 3.8) is 0 Å². The van der Waals surface area contributed by atoms with E-state index < -0.39 is 11.5 Å². The maximum absolute atomic E-state index is 12.5. The SMILES string of the molecule is Cc1ccc(-c2csc(NC(=O)c3cc4ccccc4oc3=O)n2)cc1C. The van der Waals surface area contributed by atoms with Gasteiger partial charge in [-0.05, 0) is 43.2 Å². The molecule has 0 bridgehead atoms. The van der Waals surface area contributed by atoms with Gasteiger partial charge in [0.05, 0.1) is 5.69 Å². The van der Waals surface area contributed by atoms with Crippen LogP contribution in [-0.2, 0) is 0 Å². The highest BCUT2D eigenvalue weighted by Gasteiger charge is 2.16. The molecular formula is C21H16N2O3S. The summed E-state index contributed by atoms with van der Waals surface area (Å²) < 4.78 is 5.22. The van der Waals surface area contributed by atoms with Crippen molar-refractivity contribution in [1.82, 2.24) is 4.98 Å². The van der Waals surface area contributed by atoms with Crippen molar-refractivity contribution in [3.8, 4) is 11.3 Å². The lowest BCUT2D eigenvalue weighted by Crippen LogP contribution is -2.20. The number of hydrogen-bond donors (Lipinski definition) is 1. The van der Waals surface area contributed by atoms with E-state index in [1.807, 2.05) is 30.5 Å². The lowest BCUT2D eigenvalue weighted by atomic mass is 10.1. The highest BCUT2D eigenvalue weighted by molar-refractivity contribution is 7.14. The Balaban J connectivity index is 1.60. The molecule has 1 amide bonds. The molecule has 0 aliphatic rings. The van der Waals surface area contributed by atoms with Crippen LogP contribution in [0.25, 0.3) is 22.2 Å². The van der Waals surface area contributed by atoms with Crippen molar-refractivity contribution < 1.29 is 9.21 Å². The van der Waals surface area contributed by atoms with Gasteiger partial charge in [-0.3, -0.25) is 10.1 Å². The molecule has 0 saturated carbocycles. The minimum Gasteiger partial charge on any atom is -0.422 e. The van der Waals surface area contributed by atoms with Gasteiger partial charge in [-0.2, -0.15) is 0 Å². The van der Waals surface area contributed by atoms with E-state index in [0.717, 1.165) is 11.3 Å². The second-order valence-electron chi connectivity index (χ2n) is 6.28. The van der Waals surface area contributed by atoms with E-state index in [1.165, 1.54) is 28.5 Å². The van der Waals surface area contributed by atoms with Gasteiger partial charge in [0.15, 0.2) is 5.13 Å². The molecule has 4 aromatic rings. The minimum absolute atomic E-state index is 0.0448. The van der Waals surface area contributed by atoms with Gasteiger partial charge in [-0.1, -0.05) is 30.3 Å². The Morgan fingerprint density at radius 2 is 1.89 bits per heavy atom. The zero-order valence-electron chi connectivity index (χ0n) is 14.8. The third-order valence-electron chi connectivity index (χ3n) is 4.41. The summed E-state index contributed by atoms with van der Waals surface area (Å²) in [6.07, 6.45) is 0. The number of anilines is 1. The minimum atomic E-state index is -0.669. The van der Waals surface area contributed by atoms with Crippen molar-refractivity contribution in [2.24, 2.45) is 0 Å². The van der Waals surface area contributed by atoms with Gasteiger partial charge in [0.25, 0.3) is 5.91 Å². The fraction of sp³-hybridized carbons (Fsp3) is 0.0952. The maximum atomic E-state index is 12.5. The molecule has 0 aliphatic heterocycles. The molecule has 0 spiro atoms. The van der Waals surface area contributed by atoms with Crippen molar-refractivity contribution in [2.75, 3.05) is 5.32 Å². The molecule has 0 fully saturated rings. The summed E-state index contributed by atoms with van der Waals surface area (Å²) >= 11 is 1.31. The Labute approximate surface area is 159 Å². The van der Waals surface area contributed by atoms with Crippen molar-refractivity contribution >= 4 is 33.3 Å². The average molecular weight is 376 g/mol. The summed E-state index contributed by atoms with van der Waals surface area (Å²) in [6, 6.07) is 14.7. The van der Waals surface area contributed by atoms with Gasteiger partial charge in [-0.25, -0.2) is 9.78 Å². The first-order chi connectivity index (χ1) is 13.0. The van der Waals surface area contributed by atoms with Crippen LogP contribution in [0.4, 0.5) is 5.13 Å². The average Bonchev–Trinajstić information content (AvgIpc) is 3.11. The first kappa shape index (κ1) is 17.2. The summed E-state index contributed by atoms with van der Waals surface area (Å²) in [5, 5.41) is 5.69. The van der Waals surface area contributed by atoms with Gasteiger partial charge >= 0.3 is 5.63 Å². The van der Waals surface area contributed by atoms with Gasteiger partial charge < -0.3 is 4.42 Å². The van der Waals surface area contributed by atoms with E-state index in [4.69, 9.17) is 4.42 Å². The van der Waals surface area contributed by atoms with Gasteiger partial charge in [0, 0.05) is 16.3 Å².